The second-order valence-corrected chi connectivity index (χ2v) is 8.08. The van der Waals surface area contributed by atoms with Gasteiger partial charge in [0.25, 0.3) is 0 Å². The van der Waals surface area contributed by atoms with Crippen LogP contribution in [0.3, 0.4) is 0 Å². The molecule has 0 radical (unpaired) electrons. The van der Waals surface area contributed by atoms with Gasteiger partial charge in [-0.3, -0.25) is 9.59 Å². The number of likely N-dealkylation sites (tertiary alicyclic amines) is 1. The van der Waals surface area contributed by atoms with Gasteiger partial charge in [-0.1, -0.05) is 32.8 Å². The Bertz CT molecular complexity index is 810. The van der Waals surface area contributed by atoms with Crippen molar-refractivity contribution in [1.29, 1.82) is 0 Å². The molecule has 1 aromatic heterocycles. The number of furan rings is 1. The van der Waals surface area contributed by atoms with E-state index in [-0.39, 0.29) is 18.4 Å². The first kappa shape index (κ1) is 23.7. The zero-order valence-corrected chi connectivity index (χ0v) is 17.0. The van der Waals surface area contributed by atoms with E-state index in [1.54, 1.807) is 18.7 Å². The van der Waals surface area contributed by atoms with E-state index in [2.05, 4.69) is 4.42 Å². The van der Waals surface area contributed by atoms with Crippen LogP contribution in [0.4, 0.5) is 13.2 Å². The first-order valence-electron chi connectivity index (χ1n) is 9.82. The van der Waals surface area contributed by atoms with Gasteiger partial charge in [-0.15, -0.1) is 0 Å². The van der Waals surface area contributed by atoms with Crippen LogP contribution in [0.2, 0.25) is 0 Å². The maximum Gasteiger partial charge on any atom is 0.449 e. The summed E-state index contributed by atoms with van der Waals surface area (Å²) in [6, 6.07) is 1.33. The third-order valence-corrected chi connectivity index (χ3v) is 5.09. The lowest BCUT2D eigenvalue weighted by Gasteiger charge is -2.23. The fourth-order valence-corrected chi connectivity index (χ4v) is 3.51. The monoisotopic (exact) mass is 428 g/mol. The molecule has 1 aliphatic heterocycles. The Balaban J connectivity index is 1.97. The first-order chi connectivity index (χ1) is 13.9. The van der Waals surface area contributed by atoms with Crippen LogP contribution in [-0.2, 0) is 15.8 Å². The van der Waals surface area contributed by atoms with Crippen molar-refractivity contribution in [1.82, 2.24) is 4.90 Å². The van der Waals surface area contributed by atoms with E-state index in [9.17, 15) is 32.7 Å². The number of halogens is 3. The molecule has 30 heavy (non-hydrogen) atoms. The van der Waals surface area contributed by atoms with Crippen molar-refractivity contribution >= 4 is 17.7 Å². The Morgan fingerprint density at radius 3 is 2.50 bits per heavy atom. The molecule has 2 rings (SSSR count). The second-order valence-electron chi connectivity index (χ2n) is 8.08. The van der Waals surface area contributed by atoms with Crippen molar-refractivity contribution in [2.24, 2.45) is 5.41 Å². The molecule has 2 heterocycles. The first-order valence-corrected chi connectivity index (χ1v) is 9.82. The lowest BCUT2D eigenvalue weighted by atomic mass is 9.90. The fourth-order valence-electron chi connectivity index (χ4n) is 3.51. The van der Waals surface area contributed by atoms with Crippen LogP contribution in [0, 0.1) is 5.41 Å². The molecular formula is C21H25F3NO5-. The third-order valence-electron chi connectivity index (χ3n) is 5.09. The zero-order chi connectivity index (χ0) is 22.5. The summed E-state index contributed by atoms with van der Waals surface area (Å²) in [5.41, 5.74) is -0.610. The number of amides is 1. The molecule has 166 valence electrons. The number of ketones is 1. The van der Waals surface area contributed by atoms with Gasteiger partial charge in [0.05, 0.1) is 6.04 Å². The lowest BCUT2D eigenvalue weighted by molar-refractivity contribution is -0.305. The number of hydrogen-bond donors (Lipinski definition) is 0. The largest absolute Gasteiger partial charge is 0.550 e. The van der Waals surface area contributed by atoms with Gasteiger partial charge in [-0.25, -0.2) is 0 Å². The number of nitrogens with zero attached hydrogens (tertiary/aromatic N) is 1. The van der Waals surface area contributed by atoms with E-state index in [0.717, 1.165) is 18.6 Å². The molecule has 1 fully saturated rings. The van der Waals surface area contributed by atoms with E-state index in [1.165, 1.54) is 6.08 Å². The molecule has 0 bridgehead atoms. The quantitative estimate of drug-likeness (QED) is 0.324. The lowest BCUT2D eigenvalue weighted by Crippen LogP contribution is -2.35. The van der Waals surface area contributed by atoms with Gasteiger partial charge in [-0.2, -0.15) is 13.2 Å². The fraction of sp³-hybridized carbons (Fsp3) is 0.571. The van der Waals surface area contributed by atoms with Crippen LogP contribution in [0.1, 0.15) is 68.7 Å². The average molecular weight is 428 g/mol. The molecular weight excluding hydrogens is 403 g/mol. The van der Waals surface area contributed by atoms with Crippen LogP contribution in [-0.4, -0.2) is 35.1 Å². The van der Waals surface area contributed by atoms with Crippen molar-refractivity contribution in [2.75, 3.05) is 6.54 Å². The van der Waals surface area contributed by atoms with Crippen LogP contribution in [0.15, 0.2) is 28.7 Å². The van der Waals surface area contributed by atoms with E-state index >= 15 is 0 Å². The summed E-state index contributed by atoms with van der Waals surface area (Å²) >= 11 is 0. The highest BCUT2D eigenvalue weighted by molar-refractivity contribution is 6.02. The summed E-state index contributed by atoms with van der Waals surface area (Å²) in [4.78, 5) is 36.9. The van der Waals surface area contributed by atoms with E-state index < -0.39 is 34.9 Å². The average Bonchev–Trinajstić information content (AvgIpc) is 3.21. The van der Waals surface area contributed by atoms with E-state index in [4.69, 9.17) is 0 Å². The standard InChI is InChI=1S/C21H26F3NO5/c1-20(2)13-14(25(19(20)29)12-6-4-3-5-7-18(27)28)8-9-15(26)16-10-11-17(30-16)21(22,23)24/h8-11,14H,3-7,12-13H2,1-2H3,(H,27,28)/p-1/b9-8+/t14-/m0/s1. The van der Waals surface area contributed by atoms with Crippen LogP contribution in [0.5, 0.6) is 0 Å². The minimum Gasteiger partial charge on any atom is -0.550 e. The highest BCUT2D eigenvalue weighted by Gasteiger charge is 2.43. The molecule has 1 saturated heterocycles. The van der Waals surface area contributed by atoms with Gasteiger partial charge >= 0.3 is 6.18 Å². The topological polar surface area (TPSA) is 90.7 Å². The van der Waals surface area contributed by atoms with Gasteiger partial charge in [0.1, 0.15) is 0 Å². The van der Waals surface area contributed by atoms with Crippen molar-refractivity contribution < 1.29 is 37.1 Å². The third kappa shape index (κ3) is 6.21. The number of rotatable bonds is 10. The SMILES string of the molecule is CC1(C)C[C@H](/C=C/C(=O)c2ccc(C(F)(F)F)o2)N(CCCCCCC(=O)[O-])C1=O. The molecule has 1 atom stereocenters. The maximum atomic E-state index is 12.7. The normalized spacial score (nSPS) is 19.0. The molecule has 1 amide bonds. The number of unbranched alkanes of at least 4 members (excludes halogenated alkanes) is 3. The van der Waals surface area contributed by atoms with Crippen molar-refractivity contribution in [3.05, 3.63) is 35.8 Å². The predicted octanol–water partition coefficient (Wildman–Crippen LogP) is 3.36. The Morgan fingerprint density at radius 2 is 1.90 bits per heavy atom. The number of carboxylic acid groups (broad SMARTS) is 1. The Kier molecular flexibility index (Phi) is 7.49. The molecule has 0 N–H and O–H groups in total. The molecule has 1 aromatic rings. The molecule has 0 spiro atoms. The van der Waals surface area contributed by atoms with Crippen molar-refractivity contribution in [2.45, 2.75) is 64.6 Å². The Hall–Kier alpha value is -2.58. The van der Waals surface area contributed by atoms with Gasteiger partial charge in [-0.05, 0) is 43.9 Å². The van der Waals surface area contributed by atoms with Crippen LogP contribution >= 0.6 is 0 Å². The summed E-state index contributed by atoms with van der Waals surface area (Å²) in [6.07, 6.45) is 1.15. The van der Waals surface area contributed by atoms with Crippen LogP contribution < -0.4 is 5.11 Å². The number of alkyl halides is 3. The summed E-state index contributed by atoms with van der Waals surface area (Å²) in [6.45, 7) is 4.07. The predicted molar refractivity (Wildman–Crippen MR) is 99.2 cm³/mol. The molecule has 6 nitrogen and oxygen atoms in total. The van der Waals surface area contributed by atoms with Gasteiger partial charge in [0.2, 0.25) is 17.5 Å². The Labute approximate surface area is 172 Å². The zero-order valence-electron chi connectivity index (χ0n) is 17.0. The second kappa shape index (κ2) is 9.49. The van der Waals surface area contributed by atoms with E-state index in [1.807, 2.05) is 0 Å². The number of aliphatic carboxylic acids is 1. The highest BCUT2D eigenvalue weighted by atomic mass is 19.4. The number of carbonyl (C=O) groups excluding carboxylic acids is 3. The minimum atomic E-state index is -4.66. The molecule has 9 heteroatoms. The van der Waals surface area contributed by atoms with Crippen LogP contribution in [0.25, 0.3) is 0 Å². The highest BCUT2D eigenvalue weighted by Crippen LogP contribution is 2.36. The number of allylic oxidation sites excluding steroid dienone is 1. The molecule has 1 aliphatic rings. The summed E-state index contributed by atoms with van der Waals surface area (Å²) < 4.78 is 42.4. The molecule has 0 aliphatic carbocycles. The van der Waals surface area contributed by atoms with Gasteiger partial charge in [0, 0.05) is 17.9 Å². The summed E-state index contributed by atoms with van der Waals surface area (Å²) in [7, 11) is 0. The summed E-state index contributed by atoms with van der Waals surface area (Å²) in [5.74, 6) is -3.50. The maximum absolute atomic E-state index is 12.7. The summed E-state index contributed by atoms with van der Waals surface area (Å²) in [5, 5.41) is 10.4. The smallest absolute Gasteiger partial charge is 0.449 e. The Morgan fingerprint density at radius 1 is 1.23 bits per heavy atom. The molecule has 0 saturated carbocycles. The molecule has 0 aromatic carbocycles. The van der Waals surface area contributed by atoms with Gasteiger partial charge in [0.15, 0.2) is 5.76 Å². The van der Waals surface area contributed by atoms with Crippen molar-refractivity contribution in [3.8, 4) is 0 Å². The number of carbonyl (C=O) groups is 3. The number of carboxylic acids is 1. The molecule has 0 unspecified atom stereocenters. The minimum absolute atomic E-state index is 0.00594. The van der Waals surface area contributed by atoms with E-state index in [0.29, 0.717) is 38.3 Å². The number of hydrogen-bond acceptors (Lipinski definition) is 5. The van der Waals surface area contributed by atoms with Crippen molar-refractivity contribution in [3.63, 3.8) is 0 Å². The van der Waals surface area contributed by atoms with Gasteiger partial charge < -0.3 is 19.2 Å².